The molecule has 0 fully saturated rings. The quantitative estimate of drug-likeness (QED) is 0.254. The van der Waals surface area contributed by atoms with E-state index < -0.39 is 0 Å². The van der Waals surface area contributed by atoms with Crippen LogP contribution in [-0.4, -0.2) is 15.5 Å². The number of halogens is 1. The van der Waals surface area contributed by atoms with Gasteiger partial charge in [0.05, 0.1) is 22.3 Å². The normalized spacial score (nSPS) is 11.1. The number of anilines is 1. The van der Waals surface area contributed by atoms with Crippen LogP contribution in [0.25, 0.3) is 22.0 Å². The van der Waals surface area contributed by atoms with Gasteiger partial charge in [-0.3, -0.25) is 14.2 Å². The second-order valence-corrected chi connectivity index (χ2v) is 9.92. The molecule has 0 aliphatic carbocycles. The van der Waals surface area contributed by atoms with Crippen molar-refractivity contribution in [1.29, 1.82) is 0 Å². The highest BCUT2D eigenvalue weighted by molar-refractivity contribution is 7.12. The number of nitrogens with one attached hydrogen (secondary N) is 1. The molecule has 1 N–H and O–H groups in total. The summed E-state index contributed by atoms with van der Waals surface area (Å²) >= 11 is 7.38. The van der Waals surface area contributed by atoms with Crippen molar-refractivity contribution >= 4 is 45.4 Å². The van der Waals surface area contributed by atoms with E-state index in [1.807, 2.05) is 47.8 Å². The number of amides is 1. The molecule has 36 heavy (non-hydrogen) atoms. The fraction of sp³-hybridized carbons (Fsp3) is 0.138. The Morgan fingerprint density at radius 1 is 1.00 bits per heavy atom. The number of rotatable bonds is 7. The molecule has 0 atom stereocenters. The van der Waals surface area contributed by atoms with Crippen molar-refractivity contribution in [2.24, 2.45) is 0 Å². The van der Waals surface area contributed by atoms with E-state index >= 15 is 0 Å². The Bertz CT molecular complexity index is 1570. The molecule has 0 aliphatic rings. The minimum absolute atomic E-state index is 0.113. The van der Waals surface area contributed by atoms with Crippen LogP contribution >= 0.6 is 22.9 Å². The number of hydrogen-bond acceptors (Lipinski definition) is 4. The van der Waals surface area contributed by atoms with E-state index in [4.69, 9.17) is 16.6 Å². The van der Waals surface area contributed by atoms with Gasteiger partial charge in [0.1, 0.15) is 5.82 Å². The molecule has 0 aliphatic heterocycles. The van der Waals surface area contributed by atoms with E-state index in [9.17, 15) is 9.59 Å². The van der Waals surface area contributed by atoms with Gasteiger partial charge in [0, 0.05) is 17.1 Å². The third-order valence-electron chi connectivity index (χ3n) is 5.98. The van der Waals surface area contributed by atoms with Crippen molar-refractivity contribution in [3.8, 4) is 11.1 Å². The number of benzene rings is 3. The molecule has 2 heterocycles. The van der Waals surface area contributed by atoms with Crippen LogP contribution in [0.3, 0.4) is 0 Å². The Kier molecular flexibility index (Phi) is 6.98. The highest BCUT2D eigenvalue weighted by atomic mass is 35.5. The lowest BCUT2D eigenvalue weighted by molar-refractivity contribution is 0.103. The number of carbonyl (C=O) groups excluding carboxylic acids is 1. The molecular formula is C29H24ClN3O2S. The van der Waals surface area contributed by atoms with Crippen LogP contribution in [0, 0.1) is 0 Å². The summed E-state index contributed by atoms with van der Waals surface area (Å²) in [5, 5.41) is 5.93. The molecule has 0 saturated heterocycles. The van der Waals surface area contributed by atoms with Crippen molar-refractivity contribution < 1.29 is 4.79 Å². The molecule has 5 aromatic rings. The summed E-state index contributed by atoms with van der Waals surface area (Å²) < 4.78 is 1.74. The number of thiophene rings is 1. The van der Waals surface area contributed by atoms with Crippen LogP contribution in [0.5, 0.6) is 0 Å². The molecule has 0 spiro atoms. The van der Waals surface area contributed by atoms with Crippen LogP contribution in [0.1, 0.15) is 34.4 Å². The monoisotopic (exact) mass is 513 g/mol. The number of carbonyl (C=O) groups is 1. The van der Waals surface area contributed by atoms with Crippen LogP contribution < -0.4 is 10.9 Å². The van der Waals surface area contributed by atoms with E-state index in [0.717, 1.165) is 28.9 Å². The zero-order chi connectivity index (χ0) is 25.1. The average molecular weight is 514 g/mol. The van der Waals surface area contributed by atoms with Gasteiger partial charge in [-0.05, 0) is 64.9 Å². The standard InChI is InChI=1S/C29H24ClN3O2S/c1-2-4-27-32-25-15-14-23(31-28(34)26-5-3-16-36-26)17-24(25)29(35)33(27)18-19-6-8-20(9-7-19)21-10-12-22(30)13-11-21/h3,5-17H,2,4,18H2,1H3,(H,31,34). The number of aromatic nitrogens is 2. The Hall–Kier alpha value is -3.74. The minimum Gasteiger partial charge on any atom is -0.321 e. The largest absolute Gasteiger partial charge is 0.321 e. The Morgan fingerprint density at radius 3 is 2.39 bits per heavy atom. The summed E-state index contributed by atoms with van der Waals surface area (Å²) in [7, 11) is 0. The lowest BCUT2D eigenvalue weighted by Crippen LogP contribution is -2.26. The van der Waals surface area contributed by atoms with Gasteiger partial charge in [-0.1, -0.05) is 61.0 Å². The topological polar surface area (TPSA) is 64.0 Å². The fourth-order valence-corrected chi connectivity index (χ4v) is 4.90. The first-order valence-corrected chi connectivity index (χ1v) is 13.0. The van der Waals surface area contributed by atoms with Crippen LogP contribution in [0.15, 0.2) is 89.0 Å². The van der Waals surface area contributed by atoms with E-state index in [-0.39, 0.29) is 11.5 Å². The zero-order valence-corrected chi connectivity index (χ0v) is 21.3. The molecule has 7 heteroatoms. The van der Waals surface area contributed by atoms with E-state index in [2.05, 4.69) is 24.4 Å². The SMILES string of the molecule is CCCc1nc2ccc(NC(=O)c3cccs3)cc2c(=O)n1Cc1ccc(-c2ccc(Cl)cc2)cc1. The molecule has 0 bridgehead atoms. The summed E-state index contributed by atoms with van der Waals surface area (Å²) in [4.78, 5) is 31.5. The van der Waals surface area contributed by atoms with Gasteiger partial charge in [-0.2, -0.15) is 0 Å². The maximum atomic E-state index is 13.6. The number of aryl methyl sites for hydroxylation is 1. The minimum atomic E-state index is -0.194. The summed E-state index contributed by atoms with van der Waals surface area (Å²) in [5.74, 6) is 0.563. The summed E-state index contributed by atoms with van der Waals surface area (Å²) in [6.07, 6.45) is 1.58. The van der Waals surface area contributed by atoms with Gasteiger partial charge in [0.15, 0.2) is 0 Å². The number of hydrogen-bond donors (Lipinski definition) is 1. The van der Waals surface area contributed by atoms with Crippen molar-refractivity contribution in [3.63, 3.8) is 0 Å². The van der Waals surface area contributed by atoms with Gasteiger partial charge in [0.2, 0.25) is 0 Å². The van der Waals surface area contributed by atoms with Crippen molar-refractivity contribution in [2.45, 2.75) is 26.3 Å². The molecule has 5 rings (SSSR count). The third-order valence-corrected chi connectivity index (χ3v) is 7.10. The third kappa shape index (κ3) is 5.10. The Morgan fingerprint density at radius 2 is 1.72 bits per heavy atom. The van der Waals surface area contributed by atoms with Crippen LogP contribution in [0.4, 0.5) is 5.69 Å². The Labute approximate surface area is 218 Å². The van der Waals surface area contributed by atoms with E-state index in [1.54, 1.807) is 28.8 Å². The number of nitrogens with zero attached hydrogens (tertiary/aromatic N) is 2. The maximum Gasteiger partial charge on any atom is 0.265 e. The van der Waals surface area contributed by atoms with Gasteiger partial charge >= 0.3 is 0 Å². The first kappa shape index (κ1) is 24.0. The van der Waals surface area contributed by atoms with Crippen LogP contribution in [0.2, 0.25) is 5.02 Å². The van der Waals surface area contributed by atoms with Crippen molar-refractivity contribution in [1.82, 2.24) is 9.55 Å². The second kappa shape index (κ2) is 10.5. The molecule has 3 aromatic carbocycles. The fourth-order valence-electron chi connectivity index (χ4n) is 4.15. The van der Waals surface area contributed by atoms with Gasteiger partial charge in [-0.15, -0.1) is 11.3 Å². The summed E-state index contributed by atoms with van der Waals surface area (Å²) in [6.45, 7) is 2.49. The van der Waals surface area contributed by atoms with Crippen molar-refractivity contribution in [3.05, 3.63) is 116 Å². The number of fused-ring (bicyclic) bond motifs is 1. The molecular weight excluding hydrogens is 490 g/mol. The molecule has 5 nitrogen and oxygen atoms in total. The Balaban J connectivity index is 1.47. The predicted molar refractivity (Wildman–Crippen MR) is 148 cm³/mol. The summed E-state index contributed by atoms with van der Waals surface area (Å²) in [6, 6.07) is 24.8. The smallest absolute Gasteiger partial charge is 0.265 e. The first-order chi connectivity index (χ1) is 17.5. The van der Waals surface area contributed by atoms with Crippen molar-refractivity contribution in [2.75, 3.05) is 5.32 Å². The molecule has 1 amide bonds. The van der Waals surface area contributed by atoms with Gasteiger partial charge < -0.3 is 5.32 Å². The molecule has 0 saturated carbocycles. The highest BCUT2D eigenvalue weighted by Crippen LogP contribution is 2.23. The second-order valence-electron chi connectivity index (χ2n) is 8.54. The van der Waals surface area contributed by atoms with E-state index in [0.29, 0.717) is 39.5 Å². The highest BCUT2D eigenvalue weighted by Gasteiger charge is 2.14. The maximum absolute atomic E-state index is 13.6. The lowest BCUT2D eigenvalue weighted by atomic mass is 10.0. The molecule has 180 valence electrons. The van der Waals surface area contributed by atoms with Gasteiger partial charge in [0.25, 0.3) is 11.5 Å². The average Bonchev–Trinajstić information content (AvgIpc) is 3.43. The molecule has 2 aromatic heterocycles. The molecule has 0 radical (unpaired) electrons. The predicted octanol–water partition coefficient (Wildman–Crippen LogP) is 7.03. The summed E-state index contributed by atoms with van der Waals surface area (Å²) in [5.41, 5.74) is 4.26. The van der Waals surface area contributed by atoms with Crippen LogP contribution in [-0.2, 0) is 13.0 Å². The first-order valence-electron chi connectivity index (χ1n) is 11.7. The van der Waals surface area contributed by atoms with Gasteiger partial charge in [-0.25, -0.2) is 4.98 Å². The lowest BCUT2D eigenvalue weighted by Gasteiger charge is -2.14. The zero-order valence-electron chi connectivity index (χ0n) is 19.7. The van der Waals surface area contributed by atoms with E-state index in [1.165, 1.54) is 11.3 Å². The molecule has 0 unspecified atom stereocenters.